The van der Waals surface area contributed by atoms with E-state index in [-0.39, 0.29) is 30.1 Å². The molecule has 31 heavy (non-hydrogen) atoms. The molecule has 7 nitrogen and oxygen atoms in total. The summed E-state index contributed by atoms with van der Waals surface area (Å²) in [6, 6.07) is 8.03. The van der Waals surface area contributed by atoms with Gasteiger partial charge >= 0.3 is 6.09 Å². The number of halogens is 1. The molecular formula is C22H34IN5O2S. The number of thiophene rings is 1. The molecule has 1 amide bonds. The van der Waals surface area contributed by atoms with Crippen molar-refractivity contribution in [3.8, 4) is 0 Å². The molecule has 0 atom stereocenters. The second kappa shape index (κ2) is 14.2. The largest absolute Gasteiger partial charge is 0.444 e. The predicted octanol–water partition coefficient (Wildman–Crippen LogP) is 4.30. The molecule has 0 saturated heterocycles. The van der Waals surface area contributed by atoms with Crippen LogP contribution in [0.15, 0.2) is 47.0 Å². The molecule has 2 aromatic rings. The summed E-state index contributed by atoms with van der Waals surface area (Å²) in [6.45, 7) is 8.19. The van der Waals surface area contributed by atoms with Gasteiger partial charge in [0.05, 0.1) is 6.54 Å². The first-order valence-electron chi connectivity index (χ1n) is 10.2. The van der Waals surface area contributed by atoms with E-state index in [0.29, 0.717) is 19.6 Å². The fourth-order valence-electron chi connectivity index (χ4n) is 2.73. The minimum absolute atomic E-state index is 0. The minimum Gasteiger partial charge on any atom is -0.444 e. The Kier molecular flexibility index (Phi) is 12.5. The lowest BCUT2D eigenvalue weighted by Gasteiger charge is -2.27. The number of carbonyl (C=O) groups excluding carboxylic acids is 1. The smallest absolute Gasteiger partial charge is 0.410 e. The molecule has 2 rings (SSSR count). The number of carbonyl (C=O) groups is 1. The lowest BCUT2D eigenvalue weighted by molar-refractivity contribution is 0.0232. The number of rotatable bonds is 9. The number of aliphatic imine (C=N–C) groups is 1. The zero-order valence-corrected chi connectivity index (χ0v) is 21.9. The van der Waals surface area contributed by atoms with Gasteiger partial charge in [0.15, 0.2) is 5.96 Å². The highest BCUT2D eigenvalue weighted by Crippen LogP contribution is 2.13. The summed E-state index contributed by atoms with van der Waals surface area (Å²) in [5, 5.41) is 8.72. The zero-order valence-electron chi connectivity index (χ0n) is 18.8. The highest BCUT2D eigenvalue weighted by Gasteiger charge is 2.22. The van der Waals surface area contributed by atoms with Crippen molar-refractivity contribution in [1.82, 2.24) is 20.5 Å². The quantitative estimate of drug-likeness (QED) is 0.208. The van der Waals surface area contributed by atoms with Crippen molar-refractivity contribution in [3.63, 3.8) is 0 Å². The topological polar surface area (TPSA) is 78.9 Å². The van der Waals surface area contributed by atoms with Crippen LogP contribution in [0.4, 0.5) is 4.79 Å². The third-order valence-corrected chi connectivity index (χ3v) is 5.05. The Hall–Kier alpha value is -1.88. The number of nitrogens with zero attached hydrogens (tertiary/aromatic N) is 3. The van der Waals surface area contributed by atoms with Crippen molar-refractivity contribution in [1.29, 1.82) is 0 Å². The summed E-state index contributed by atoms with van der Waals surface area (Å²) in [5.41, 5.74) is 0.444. The van der Waals surface area contributed by atoms with Gasteiger partial charge in [0.1, 0.15) is 5.60 Å². The van der Waals surface area contributed by atoms with Crippen molar-refractivity contribution in [2.24, 2.45) is 4.99 Å². The lowest BCUT2D eigenvalue weighted by atomic mass is 10.2. The van der Waals surface area contributed by atoms with Crippen LogP contribution in [0.3, 0.4) is 0 Å². The number of ether oxygens (including phenoxy) is 1. The van der Waals surface area contributed by atoms with E-state index >= 15 is 0 Å². The van der Waals surface area contributed by atoms with Gasteiger partial charge < -0.3 is 20.3 Å². The molecule has 172 valence electrons. The standard InChI is InChI=1S/C22H33N5O2S.HI/c1-22(2,3)29-21(28)27(17-18-8-5-11-24-16-18)14-7-12-25-20(23-4)26-13-10-19-9-6-15-30-19;/h5-6,8-9,11,15-16H,7,10,12-14,17H2,1-4H3,(H2,23,25,26);1H. The maximum absolute atomic E-state index is 12.6. The molecule has 0 fully saturated rings. The second-order valence-electron chi connectivity index (χ2n) is 7.87. The molecule has 0 aromatic carbocycles. The Morgan fingerprint density at radius 2 is 2.00 bits per heavy atom. The van der Waals surface area contributed by atoms with Gasteiger partial charge in [0.25, 0.3) is 0 Å². The van der Waals surface area contributed by atoms with E-state index in [9.17, 15) is 4.79 Å². The fraction of sp³-hybridized carbons (Fsp3) is 0.500. The highest BCUT2D eigenvalue weighted by atomic mass is 127. The maximum atomic E-state index is 12.6. The van der Waals surface area contributed by atoms with Gasteiger partial charge in [0.2, 0.25) is 0 Å². The van der Waals surface area contributed by atoms with E-state index in [1.54, 1.807) is 35.7 Å². The first kappa shape index (κ1) is 27.2. The second-order valence-corrected chi connectivity index (χ2v) is 8.90. The number of aromatic nitrogens is 1. The van der Waals surface area contributed by atoms with Gasteiger partial charge in [-0.3, -0.25) is 9.98 Å². The van der Waals surface area contributed by atoms with E-state index in [2.05, 4.69) is 38.1 Å². The Labute approximate surface area is 206 Å². The molecule has 0 spiro atoms. The van der Waals surface area contributed by atoms with Gasteiger partial charge in [-0.25, -0.2) is 4.79 Å². The average Bonchev–Trinajstić information content (AvgIpc) is 3.21. The Balaban J connectivity index is 0.00000480. The van der Waals surface area contributed by atoms with Crippen LogP contribution >= 0.6 is 35.3 Å². The van der Waals surface area contributed by atoms with Crippen LogP contribution in [0.25, 0.3) is 0 Å². The third-order valence-electron chi connectivity index (χ3n) is 4.11. The number of guanidine groups is 1. The first-order valence-corrected chi connectivity index (χ1v) is 11.1. The normalized spacial score (nSPS) is 11.4. The van der Waals surface area contributed by atoms with Crippen LogP contribution in [0.2, 0.25) is 0 Å². The zero-order chi connectivity index (χ0) is 21.8. The Morgan fingerprint density at radius 1 is 1.23 bits per heavy atom. The first-order chi connectivity index (χ1) is 14.4. The number of hydrogen-bond donors (Lipinski definition) is 2. The summed E-state index contributed by atoms with van der Waals surface area (Å²) in [4.78, 5) is 24.1. The van der Waals surface area contributed by atoms with Gasteiger partial charge in [-0.15, -0.1) is 35.3 Å². The molecular weight excluding hydrogens is 525 g/mol. The molecule has 0 radical (unpaired) electrons. The van der Waals surface area contributed by atoms with Crippen molar-refractivity contribution in [3.05, 3.63) is 52.5 Å². The molecule has 0 saturated carbocycles. The van der Waals surface area contributed by atoms with Gasteiger partial charge in [-0.05, 0) is 56.7 Å². The Bertz CT molecular complexity index is 779. The monoisotopic (exact) mass is 559 g/mol. The van der Waals surface area contributed by atoms with Gasteiger partial charge in [-0.2, -0.15) is 0 Å². The SMILES string of the molecule is CN=C(NCCCN(Cc1cccnc1)C(=O)OC(C)(C)C)NCCc1cccs1.I. The fourth-order valence-corrected chi connectivity index (χ4v) is 3.44. The van der Waals surface area contributed by atoms with Gasteiger partial charge in [-0.1, -0.05) is 12.1 Å². The summed E-state index contributed by atoms with van der Waals surface area (Å²) >= 11 is 1.76. The predicted molar refractivity (Wildman–Crippen MR) is 138 cm³/mol. The van der Waals surface area contributed by atoms with Crippen LogP contribution < -0.4 is 10.6 Å². The number of nitrogens with one attached hydrogen (secondary N) is 2. The number of pyridine rings is 1. The van der Waals surface area contributed by atoms with Crippen molar-refractivity contribution in [2.75, 3.05) is 26.7 Å². The molecule has 2 aromatic heterocycles. The molecule has 0 aliphatic heterocycles. The molecule has 0 bridgehead atoms. The summed E-state index contributed by atoms with van der Waals surface area (Å²) in [7, 11) is 1.76. The molecule has 0 unspecified atom stereocenters. The number of amides is 1. The minimum atomic E-state index is -0.531. The summed E-state index contributed by atoms with van der Waals surface area (Å²) in [5.74, 6) is 0.766. The number of hydrogen-bond acceptors (Lipinski definition) is 5. The van der Waals surface area contributed by atoms with Crippen molar-refractivity contribution >= 4 is 47.4 Å². The van der Waals surface area contributed by atoms with E-state index in [1.165, 1.54) is 4.88 Å². The van der Waals surface area contributed by atoms with E-state index in [0.717, 1.165) is 30.9 Å². The highest BCUT2D eigenvalue weighted by molar-refractivity contribution is 14.0. The molecule has 9 heteroatoms. The van der Waals surface area contributed by atoms with E-state index < -0.39 is 5.60 Å². The molecule has 0 aliphatic rings. The molecule has 2 heterocycles. The Morgan fingerprint density at radius 3 is 2.61 bits per heavy atom. The lowest BCUT2D eigenvalue weighted by Crippen LogP contribution is -2.41. The van der Waals surface area contributed by atoms with Crippen molar-refractivity contribution < 1.29 is 9.53 Å². The van der Waals surface area contributed by atoms with Crippen LogP contribution in [0.1, 0.15) is 37.6 Å². The summed E-state index contributed by atoms with van der Waals surface area (Å²) < 4.78 is 5.57. The maximum Gasteiger partial charge on any atom is 0.410 e. The van der Waals surface area contributed by atoms with Crippen LogP contribution in [0.5, 0.6) is 0 Å². The van der Waals surface area contributed by atoms with E-state index in [1.807, 2.05) is 32.9 Å². The summed E-state index contributed by atoms with van der Waals surface area (Å²) in [6.07, 6.45) is 4.92. The van der Waals surface area contributed by atoms with Crippen LogP contribution in [-0.4, -0.2) is 54.2 Å². The average molecular weight is 560 g/mol. The van der Waals surface area contributed by atoms with E-state index in [4.69, 9.17) is 4.74 Å². The molecule has 2 N–H and O–H groups in total. The third kappa shape index (κ3) is 11.3. The van der Waals surface area contributed by atoms with Gasteiger partial charge in [0, 0.05) is 44.0 Å². The van der Waals surface area contributed by atoms with Crippen LogP contribution in [0, 0.1) is 0 Å². The van der Waals surface area contributed by atoms with Crippen molar-refractivity contribution in [2.45, 2.75) is 45.8 Å². The van der Waals surface area contributed by atoms with Crippen LogP contribution in [-0.2, 0) is 17.7 Å². The molecule has 0 aliphatic carbocycles.